The Kier molecular flexibility index (Phi) is 4.70. The molecule has 0 aliphatic carbocycles. The van der Waals surface area contributed by atoms with E-state index in [-0.39, 0.29) is 17.4 Å². The number of nitrogens with one attached hydrogen (secondary N) is 2. The summed E-state index contributed by atoms with van der Waals surface area (Å²) in [4.78, 5) is 37.9. The molecule has 29 heavy (non-hydrogen) atoms. The lowest BCUT2D eigenvalue weighted by Gasteiger charge is -2.25. The standard InChI is InChI=1S/C22H18N4O3/c1-25-20(27)18-13-12-15(14-19(18)21(25)28)23-22(29)24-26(16-8-4-2-5-9-16)17-10-6-3-7-11-17/h2-14H,1H3,(H2,23,24,29). The molecule has 3 aromatic rings. The largest absolute Gasteiger partial charge is 0.338 e. The van der Waals surface area contributed by atoms with E-state index in [1.165, 1.54) is 13.1 Å². The third-order valence-electron chi connectivity index (χ3n) is 4.59. The molecule has 7 heteroatoms. The van der Waals surface area contributed by atoms with E-state index in [9.17, 15) is 14.4 Å². The number of hydrogen-bond acceptors (Lipinski definition) is 4. The Balaban J connectivity index is 1.55. The normalized spacial score (nSPS) is 12.5. The zero-order valence-corrected chi connectivity index (χ0v) is 15.6. The van der Waals surface area contributed by atoms with Crippen LogP contribution in [0.1, 0.15) is 20.7 Å². The van der Waals surface area contributed by atoms with Crippen LogP contribution in [-0.2, 0) is 0 Å². The number of para-hydroxylation sites is 2. The van der Waals surface area contributed by atoms with Crippen LogP contribution in [0.25, 0.3) is 0 Å². The summed E-state index contributed by atoms with van der Waals surface area (Å²) in [6.07, 6.45) is 0. The number of fused-ring (bicyclic) bond motifs is 1. The van der Waals surface area contributed by atoms with Gasteiger partial charge in [0.05, 0.1) is 22.5 Å². The Morgan fingerprint density at radius 1 is 0.793 bits per heavy atom. The lowest BCUT2D eigenvalue weighted by atomic mass is 10.1. The average molecular weight is 386 g/mol. The minimum Gasteiger partial charge on any atom is -0.307 e. The molecule has 3 aromatic carbocycles. The van der Waals surface area contributed by atoms with Crippen LogP contribution in [0.5, 0.6) is 0 Å². The maximum atomic E-state index is 12.7. The predicted molar refractivity (Wildman–Crippen MR) is 110 cm³/mol. The third kappa shape index (κ3) is 3.53. The molecule has 0 fully saturated rings. The van der Waals surface area contributed by atoms with E-state index in [2.05, 4.69) is 10.7 Å². The second-order valence-electron chi connectivity index (χ2n) is 6.50. The summed E-state index contributed by atoms with van der Waals surface area (Å²) >= 11 is 0. The molecular weight excluding hydrogens is 368 g/mol. The van der Waals surface area contributed by atoms with Gasteiger partial charge >= 0.3 is 6.03 Å². The first-order valence-corrected chi connectivity index (χ1v) is 8.99. The van der Waals surface area contributed by atoms with Gasteiger partial charge in [0.15, 0.2) is 0 Å². The number of benzene rings is 3. The highest BCUT2D eigenvalue weighted by Crippen LogP contribution is 2.25. The fourth-order valence-electron chi connectivity index (χ4n) is 3.13. The van der Waals surface area contributed by atoms with Crippen molar-refractivity contribution in [2.45, 2.75) is 0 Å². The minimum atomic E-state index is -0.484. The van der Waals surface area contributed by atoms with Gasteiger partial charge in [-0.2, -0.15) is 0 Å². The highest BCUT2D eigenvalue weighted by molar-refractivity contribution is 6.21. The van der Waals surface area contributed by atoms with E-state index in [4.69, 9.17) is 0 Å². The molecule has 0 spiro atoms. The molecule has 1 aliphatic rings. The number of rotatable bonds is 4. The Morgan fingerprint density at radius 3 is 1.93 bits per heavy atom. The Hall–Kier alpha value is -4.13. The number of nitrogens with zero attached hydrogens (tertiary/aromatic N) is 2. The van der Waals surface area contributed by atoms with Crippen molar-refractivity contribution in [2.24, 2.45) is 0 Å². The summed E-state index contributed by atoms with van der Waals surface area (Å²) in [6.45, 7) is 0. The monoisotopic (exact) mass is 386 g/mol. The number of hydrazine groups is 1. The molecule has 0 radical (unpaired) electrons. The van der Waals surface area contributed by atoms with Crippen LogP contribution < -0.4 is 15.8 Å². The van der Waals surface area contributed by atoms with Gasteiger partial charge in [0, 0.05) is 12.7 Å². The number of imide groups is 1. The number of anilines is 3. The molecule has 2 N–H and O–H groups in total. The molecule has 0 saturated carbocycles. The molecule has 4 amide bonds. The van der Waals surface area contributed by atoms with Gasteiger partial charge in [0.1, 0.15) is 0 Å². The van der Waals surface area contributed by atoms with Crippen LogP contribution in [0.15, 0.2) is 78.9 Å². The number of urea groups is 1. The first-order chi connectivity index (χ1) is 14.0. The van der Waals surface area contributed by atoms with Crippen LogP contribution in [-0.4, -0.2) is 29.8 Å². The van der Waals surface area contributed by atoms with Gasteiger partial charge in [-0.25, -0.2) is 10.2 Å². The van der Waals surface area contributed by atoms with Crippen LogP contribution in [0.2, 0.25) is 0 Å². The van der Waals surface area contributed by atoms with E-state index in [0.29, 0.717) is 11.3 Å². The zero-order valence-electron chi connectivity index (χ0n) is 15.6. The van der Waals surface area contributed by atoms with Crippen molar-refractivity contribution in [3.05, 3.63) is 90.0 Å². The van der Waals surface area contributed by atoms with Crippen molar-refractivity contribution in [3.8, 4) is 0 Å². The van der Waals surface area contributed by atoms with Gasteiger partial charge in [-0.1, -0.05) is 36.4 Å². The van der Waals surface area contributed by atoms with Crippen molar-refractivity contribution in [2.75, 3.05) is 17.4 Å². The van der Waals surface area contributed by atoms with Gasteiger partial charge in [0.2, 0.25) is 0 Å². The number of amides is 4. The molecule has 0 unspecified atom stereocenters. The summed E-state index contributed by atoms with van der Waals surface area (Å²) in [5, 5.41) is 4.38. The van der Waals surface area contributed by atoms with Crippen LogP contribution in [0.3, 0.4) is 0 Å². The van der Waals surface area contributed by atoms with Gasteiger partial charge in [-0.3, -0.25) is 19.5 Å². The molecule has 0 bridgehead atoms. The lowest BCUT2D eigenvalue weighted by Crippen LogP contribution is -2.41. The van der Waals surface area contributed by atoms with Crippen LogP contribution >= 0.6 is 0 Å². The van der Waals surface area contributed by atoms with E-state index >= 15 is 0 Å². The Morgan fingerprint density at radius 2 is 1.34 bits per heavy atom. The van der Waals surface area contributed by atoms with E-state index in [1.54, 1.807) is 17.1 Å². The molecule has 0 aromatic heterocycles. The average Bonchev–Trinajstić information content (AvgIpc) is 2.97. The van der Waals surface area contributed by atoms with E-state index < -0.39 is 6.03 Å². The predicted octanol–water partition coefficient (Wildman–Crippen LogP) is 3.79. The second-order valence-corrected chi connectivity index (χ2v) is 6.50. The summed E-state index contributed by atoms with van der Waals surface area (Å²) in [7, 11) is 1.43. The molecule has 7 nitrogen and oxygen atoms in total. The quantitative estimate of drug-likeness (QED) is 0.528. The fraction of sp³-hybridized carbons (Fsp3) is 0.0455. The van der Waals surface area contributed by atoms with Crippen molar-refractivity contribution in [3.63, 3.8) is 0 Å². The Bertz CT molecular complexity index is 1040. The van der Waals surface area contributed by atoms with Crippen LogP contribution in [0, 0.1) is 0 Å². The highest BCUT2D eigenvalue weighted by Gasteiger charge is 2.32. The Labute approximate surface area is 167 Å². The summed E-state index contributed by atoms with van der Waals surface area (Å²) in [5.41, 5.74) is 5.40. The van der Waals surface area contributed by atoms with E-state index in [1.807, 2.05) is 60.7 Å². The molecule has 1 heterocycles. The fourth-order valence-corrected chi connectivity index (χ4v) is 3.13. The van der Waals surface area contributed by atoms with Crippen molar-refractivity contribution in [1.82, 2.24) is 10.3 Å². The first-order valence-electron chi connectivity index (χ1n) is 8.99. The minimum absolute atomic E-state index is 0.276. The molecule has 0 saturated heterocycles. The molecule has 4 rings (SSSR count). The number of hydrogen-bond donors (Lipinski definition) is 2. The zero-order chi connectivity index (χ0) is 20.4. The van der Waals surface area contributed by atoms with Crippen molar-refractivity contribution < 1.29 is 14.4 Å². The lowest BCUT2D eigenvalue weighted by molar-refractivity contribution is 0.0693. The molecule has 1 aliphatic heterocycles. The topological polar surface area (TPSA) is 81.8 Å². The molecule has 144 valence electrons. The number of carbonyl (C=O) groups excluding carboxylic acids is 3. The molecule has 0 atom stereocenters. The summed E-state index contributed by atoms with van der Waals surface area (Å²) < 4.78 is 0. The van der Waals surface area contributed by atoms with Crippen molar-refractivity contribution >= 4 is 34.9 Å². The summed E-state index contributed by atoms with van der Waals surface area (Å²) in [5.74, 6) is -0.732. The molecular formula is C22H18N4O3. The number of carbonyl (C=O) groups is 3. The smallest absolute Gasteiger partial charge is 0.307 e. The van der Waals surface area contributed by atoms with Crippen molar-refractivity contribution in [1.29, 1.82) is 0 Å². The van der Waals surface area contributed by atoms with Gasteiger partial charge in [-0.15, -0.1) is 0 Å². The van der Waals surface area contributed by atoms with E-state index in [0.717, 1.165) is 16.3 Å². The highest BCUT2D eigenvalue weighted by atomic mass is 16.2. The SMILES string of the molecule is CN1C(=O)c2ccc(NC(=O)NN(c3ccccc3)c3ccccc3)cc2C1=O. The van der Waals surface area contributed by atoms with Gasteiger partial charge in [0.25, 0.3) is 11.8 Å². The first kappa shape index (κ1) is 18.2. The third-order valence-corrected chi connectivity index (χ3v) is 4.59. The van der Waals surface area contributed by atoms with Crippen LogP contribution in [0.4, 0.5) is 21.9 Å². The maximum Gasteiger partial charge on any atom is 0.338 e. The van der Waals surface area contributed by atoms with Gasteiger partial charge < -0.3 is 5.32 Å². The maximum absolute atomic E-state index is 12.7. The second kappa shape index (κ2) is 7.47. The van der Waals surface area contributed by atoms with Gasteiger partial charge in [-0.05, 0) is 42.5 Å². The summed E-state index contributed by atoms with van der Waals surface area (Å²) in [6, 6.07) is 23.0.